The van der Waals surface area contributed by atoms with Gasteiger partial charge in [-0.05, 0) is 43.2 Å². The summed E-state index contributed by atoms with van der Waals surface area (Å²) in [6.07, 6.45) is 1.09. The number of nitrogens with one attached hydrogen (secondary N) is 2. The van der Waals surface area contributed by atoms with Gasteiger partial charge in [-0.2, -0.15) is 0 Å². The lowest BCUT2D eigenvalue weighted by atomic mass is 9.95. The molecule has 2 aromatic carbocycles. The normalized spacial score (nSPS) is 18.8. The molecule has 2 N–H and O–H groups in total. The van der Waals surface area contributed by atoms with Gasteiger partial charge in [-0.3, -0.25) is 14.4 Å². The Balaban J connectivity index is 1.18. The molecule has 5 rings (SSSR count). The Kier molecular flexibility index (Phi) is 5.79. The number of hydrogen-bond donors (Lipinski definition) is 2. The van der Waals surface area contributed by atoms with Crippen LogP contribution in [0.4, 0.5) is 10.8 Å². The van der Waals surface area contributed by atoms with E-state index in [0.29, 0.717) is 36.1 Å². The number of nitrogens with zero attached hydrogens (tertiary/aromatic N) is 2. The zero-order valence-electron chi connectivity index (χ0n) is 16.8. The Hall–Kier alpha value is -2.62. The molecule has 1 atom stereocenters. The molecule has 0 bridgehead atoms. The van der Waals surface area contributed by atoms with Crippen molar-refractivity contribution < 1.29 is 14.4 Å². The maximum atomic E-state index is 13.0. The number of carbonyl (C=O) groups excluding carboxylic acids is 3. The van der Waals surface area contributed by atoms with Gasteiger partial charge in [0.2, 0.25) is 17.7 Å². The first-order chi connectivity index (χ1) is 15.5. The van der Waals surface area contributed by atoms with Crippen molar-refractivity contribution in [2.24, 2.45) is 5.92 Å². The number of anilines is 2. The van der Waals surface area contributed by atoms with Crippen molar-refractivity contribution in [3.63, 3.8) is 0 Å². The number of halogens is 1. The van der Waals surface area contributed by atoms with Crippen LogP contribution in [0.25, 0.3) is 10.2 Å². The van der Waals surface area contributed by atoms with Gasteiger partial charge in [-0.15, -0.1) is 11.8 Å². The number of likely N-dealkylation sites (tertiary alicyclic amines) is 1. The lowest BCUT2D eigenvalue weighted by Gasteiger charge is -2.34. The number of thiazole rings is 1. The number of amides is 3. The summed E-state index contributed by atoms with van der Waals surface area (Å²) in [5, 5.41) is 6.08. The van der Waals surface area contributed by atoms with Crippen molar-refractivity contribution in [2.75, 3.05) is 23.7 Å². The number of thioether (sulfide) groups is 1. The largest absolute Gasteiger partial charge is 0.341 e. The van der Waals surface area contributed by atoms with Gasteiger partial charge in [0, 0.05) is 28.9 Å². The monoisotopic (exact) mass is 486 g/mol. The van der Waals surface area contributed by atoms with E-state index in [-0.39, 0.29) is 23.6 Å². The molecule has 0 spiro atoms. The van der Waals surface area contributed by atoms with E-state index in [1.54, 1.807) is 11.0 Å². The average Bonchev–Trinajstić information content (AvgIpc) is 3.19. The Morgan fingerprint density at radius 3 is 2.75 bits per heavy atom. The predicted molar refractivity (Wildman–Crippen MR) is 127 cm³/mol. The topological polar surface area (TPSA) is 91.4 Å². The van der Waals surface area contributed by atoms with Gasteiger partial charge in [0.15, 0.2) is 10.4 Å². The number of hydrogen-bond acceptors (Lipinski definition) is 6. The van der Waals surface area contributed by atoms with Crippen molar-refractivity contribution in [1.82, 2.24) is 9.88 Å². The lowest BCUT2D eigenvalue weighted by Crippen LogP contribution is -2.48. The Labute approximate surface area is 197 Å². The molecule has 0 radical (unpaired) electrons. The second kappa shape index (κ2) is 8.73. The highest BCUT2D eigenvalue weighted by Crippen LogP contribution is 2.36. The molecular formula is C22H19ClN4O3S2. The predicted octanol–water partition coefficient (Wildman–Crippen LogP) is 4.24. The van der Waals surface area contributed by atoms with Crippen molar-refractivity contribution in [2.45, 2.75) is 23.0 Å². The van der Waals surface area contributed by atoms with Crippen molar-refractivity contribution in [3.8, 4) is 0 Å². The van der Waals surface area contributed by atoms with E-state index in [9.17, 15) is 14.4 Å². The van der Waals surface area contributed by atoms with E-state index >= 15 is 0 Å². The molecule has 2 aliphatic heterocycles. The van der Waals surface area contributed by atoms with Crippen molar-refractivity contribution >= 4 is 73.5 Å². The summed E-state index contributed by atoms with van der Waals surface area (Å²) in [7, 11) is 0. The maximum Gasteiger partial charge on any atom is 0.247 e. The smallest absolute Gasteiger partial charge is 0.247 e. The van der Waals surface area contributed by atoms with Gasteiger partial charge in [-0.25, -0.2) is 4.98 Å². The minimum atomic E-state index is -0.801. The number of rotatable bonds is 3. The highest BCUT2D eigenvalue weighted by molar-refractivity contribution is 8.01. The number of aromatic nitrogens is 1. The molecule has 3 amide bonds. The molecule has 32 heavy (non-hydrogen) atoms. The summed E-state index contributed by atoms with van der Waals surface area (Å²) >= 11 is 8.68. The van der Waals surface area contributed by atoms with Crippen LogP contribution in [0.5, 0.6) is 0 Å². The molecular weight excluding hydrogens is 468 g/mol. The van der Waals surface area contributed by atoms with Crippen molar-refractivity contribution in [1.29, 1.82) is 0 Å². The quantitative estimate of drug-likeness (QED) is 0.540. The third kappa shape index (κ3) is 4.20. The van der Waals surface area contributed by atoms with E-state index < -0.39 is 5.25 Å². The van der Waals surface area contributed by atoms with Crippen molar-refractivity contribution in [3.05, 3.63) is 47.5 Å². The second-order valence-corrected chi connectivity index (χ2v) is 10.3. The summed E-state index contributed by atoms with van der Waals surface area (Å²) in [6.45, 7) is 0.886. The van der Waals surface area contributed by atoms with Crippen LogP contribution in [0.1, 0.15) is 12.8 Å². The third-order valence-electron chi connectivity index (χ3n) is 5.61. The van der Waals surface area contributed by atoms with Gasteiger partial charge in [0.25, 0.3) is 0 Å². The fraction of sp³-hybridized carbons (Fsp3) is 0.273. The molecule has 0 aliphatic carbocycles. The summed E-state index contributed by atoms with van der Waals surface area (Å²) < 4.78 is 0.915. The number of benzene rings is 2. The molecule has 2 aliphatic rings. The molecule has 3 heterocycles. The van der Waals surface area contributed by atoms with E-state index in [4.69, 9.17) is 11.6 Å². The second-order valence-electron chi connectivity index (χ2n) is 7.70. The fourth-order valence-electron chi connectivity index (χ4n) is 3.90. The van der Waals surface area contributed by atoms with Crippen LogP contribution in [0.3, 0.4) is 0 Å². The van der Waals surface area contributed by atoms with E-state index in [2.05, 4.69) is 15.6 Å². The number of para-hydroxylation sites is 1. The fourth-order valence-corrected chi connectivity index (χ4v) is 6.12. The molecule has 7 nitrogen and oxygen atoms in total. The van der Waals surface area contributed by atoms with E-state index in [1.165, 1.54) is 23.1 Å². The number of carbonyl (C=O) groups is 3. The molecule has 0 saturated carbocycles. The summed E-state index contributed by atoms with van der Waals surface area (Å²) in [6, 6.07) is 12.9. The molecule has 1 aromatic heterocycles. The van der Waals surface area contributed by atoms with Gasteiger partial charge in [0.1, 0.15) is 0 Å². The highest BCUT2D eigenvalue weighted by atomic mass is 35.5. The highest BCUT2D eigenvalue weighted by Gasteiger charge is 2.37. The summed E-state index contributed by atoms with van der Waals surface area (Å²) in [4.78, 5) is 45.2. The van der Waals surface area contributed by atoms with Crippen LogP contribution >= 0.6 is 34.7 Å². The van der Waals surface area contributed by atoms with Crippen LogP contribution in [-0.2, 0) is 14.4 Å². The number of fused-ring (bicyclic) bond motifs is 2. The standard InChI is InChI=1S/C22H19ClN4O3S2/c23-13-5-6-15-17(11-13)32-22(25-15)26-19(28)12-7-9-27(10-8-12)21(30)18-20(29)24-14-3-1-2-4-16(14)31-18/h1-6,11-12,18H,7-10H2,(H,24,29)(H,25,26,28)/t18-/m1/s1. The molecule has 0 unspecified atom stereocenters. The first kappa shape index (κ1) is 21.2. The molecule has 3 aromatic rings. The third-order valence-corrected chi connectivity index (χ3v) is 8.04. The molecule has 164 valence electrons. The van der Waals surface area contributed by atoms with Gasteiger partial charge < -0.3 is 15.5 Å². The van der Waals surface area contributed by atoms with E-state index in [1.807, 2.05) is 36.4 Å². The Bertz CT molecular complexity index is 1220. The SMILES string of the molecule is O=C(Nc1nc2ccc(Cl)cc2s1)C1CCN(C(=O)[C@@H]2Sc3ccccc3NC2=O)CC1. The minimum Gasteiger partial charge on any atom is -0.341 e. The van der Waals surface area contributed by atoms with Crippen LogP contribution < -0.4 is 10.6 Å². The molecule has 1 saturated heterocycles. The lowest BCUT2D eigenvalue weighted by molar-refractivity contribution is -0.136. The Morgan fingerprint density at radius 2 is 1.94 bits per heavy atom. The van der Waals surface area contributed by atoms with Gasteiger partial charge in [0.05, 0.1) is 15.9 Å². The first-order valence-electron chi connectivity index (χ1n) is 10.2. The first-order valence-corrected chi connectivity index (χ1v) is 12.3. The minimum absolute atomic E-state index is 0.0963. The number of piperidine rings is 1. The Morgan fingerprint density at radius 1 is 1.16 bits per heavy atom. The zero-order valence-corrected chi connectivity index (χ0v) is 19.2. The summed E-state index contributed by atoms with van der Waals surface area (Å²) in [5.41, 5.74) is 1.53. The van der Waals surface area contributed by atoms with Crippen LogP contribution in [0.2, 0.25) is 5.02 Å². The van der Waals surface area contributed by atoms with Gasteiger partial charge in [-0.1, -0.05) is 35.1 Å². The van der Waals surface area contributed by atoms with Crippen LogP contribution in [0, 0.1) is 5.92 Å². The molecule has 10 heteroatoms. The molecule has 1 fully saturated rings. The van der Waals surface area contributed by atoms with Crippen LogP contribution in [0.15, 0.2) is 47.4 Å². The summed E-state index contributed by atoms with van der Waals surface area (Å²) in [5.74, 6) is -0.803. The maximum absolute atomic E-state index is 13.0. The van der Waals surface area contributed by atoms with Crippen LogP contribution in [-0.4, -0.2) is 45.9 Å². The van der Waals surface area contributed by atoms with Gasteiger partial charge >= 0.3 is 0 Å². The average molecular weight is 487 g/mol. The van der Waals surface area contributed by atoms with E-state index in [0.717, 1.165) is 20.8 Å². The zero-order chi connectivity index (χ0) is 22.2.